The van der Waals surface area contributed by atoms with Gasteiger partial charge in [0.2, 0.25) is 5.91 Å². The first-order chi connectivity index (χ1) is 13.2. The summed E-state index contributed by atoms with van der Waals surface area (Å²) in [5.74, 6) is -0.275. The third-order valence-corrected chi connectivity index (χ3v) is 5.25. The van der Waals surface area contributed by atoms with Gasteiger partial charge in [-0.1, -0.05) is 6.07 Å². The number of hydrogen-bond acceptors (Lipinski definition) is 5. The Morgan fingerprint density at radius 3 is 2.78 bits per heavy atom. The van der Waals surface area contributed by atoms with E-state index in [2.05, 4.69) is 23.8 Å². The van der Waals surface area contributed by atoms with Crippen LogP contribution in [0.15, 0.2) is 51.2 Å². The van der Waals surface area contributed by atoms with E-state index < -0.39 is 0 Å². The lowest BCUT2D eigenvalue weighted by molar-refractivity contribution is -0.117. The van der Waals surface area contributed by atoms with Gasteiger partial charge in [0.1, 0.15) is 17.2 Å². The van der Waals surface area contributed by atoms with Crippen LogP contribution in [-0.4, -0.2) is 43.5 Å². The first kappa shape index (κ1) is 17.8. The predicted molar refractivity (Wildman–Crippen MR) is 106 cm³/mol. The summed E-state index contributed by atoms with van der Waals surface area (Å²) in [6.07, 6.45) is 0.955. The quantitative estimate of drug-likeness (QED) is 0.745. The Kier molecular flexibility index (Phi) is 5.26. The van der Waals surface area contributed by atoms with E-state index in [1.165, 1.54) is 12.1 Å². The highest BCUT2D eigenvalue weighted by atomic mass is 32.1. The molecule has 0 radical (unpaired) electrons. The maximum absolute atomic E-state index is 13.1. The second-order valence-corrected chi connectivity index (χ2v) is 7.11. The number of anilines is 2. The number of fused-ring (bicyclic) bond motifs is 1. The van der Waals surface area contributed by atoms with E-state index >= 15 is 0 Å². The number of carbonyl (C=O) groups excluding carboxylic acids is 1. The highest BCUT2D eigenvalue weighted by Crippen LogP contribution is 2.38. The van der Waals surface area contributed by atoms with Crippen LogP contribution in [0.4, 0.5) is 27.1 Å². The molecule has 0 bridgehead atoms. The van der Waals surface area contributed by atoms with Crippen molar-refractivity contribution in [3.63, 3.8) is 0 Å². The van der Waals surface area contributed by atoms with Crippen molar-refractivity contribution in [3.8, 4) is 0 Å². The molecule has 2 aliphatic heterocycles. The molecule has 1 fully saturated rings. The zero-order valence-corrected chi connectivity index (χ0v) is 15.6. The Morgan fingerprint density at radius 2 is 1.93 bits per heavy atom. The van der Waals surface area contributed by atoms with Crippen LogP contribution in [-0.2, 0) is 16.1 Å². The molecule has 1 N–H and O–H groups in total. The SMILES string of the molecule is O=C(CN1CCCN(c2ccc(F)cc2)CC1)Nc1cccc2c1N=S=N2. The van der Waals surface area contributed by atoms with Crippen LogP contribution < -0.4 is 10.2 Å². The molecule has 2 aliphatic rings. The molecule has 0 aromatic heterocycles. The smallest absolute Gasteiger partial charge is 0.238 e. The fourth-order valence-electron chi connectivity index (χ4n) is 3.34. The van der Waals surface area contributed by atoms with E-state index in [0.717, 1.165) is 61.0 Å². The molecular weight excluding hydrogens is 365 g/mol. The number of hydrogen-bond donors (Lipinski definition) is 1. The molecule has 4 rings (SSSR count). The number of nitrogens with zero attached hydrogens (tertiary/aromatic N) is 4. The molecular formula is C19H20FN5OS. The predicted octanol–water partition coefficient (Wildman–Crippen LogP) is 3.70. The van der Waals surface area contributed by atoms with Crippen molar-refractivity contribution in [1.29, 1.82) is 0 Å². The molecule has 0 aliphatic carbocycles. The number of carbonyl (C=O) groups is 1. The van der Waals surface area contributed by atoms with Gasteiger partial charge in [-0.25, -0.2) is 4.39 Å². The van der Waals surface area contributed by atoms with E-state index in [4.69, 9.17) is 0 Å². The Morgan fingerprint density at radius 1 is 1.07 bits per heavy atom. The highest BCUT2D eigenvalue weighted by Gasteiger charge is 2.19. The van der Waals surface area contributed by atoms with E-state index in [9.17, 15) is 9.18 Å². The largest absolute Gasteiger partial charge is 0.370 e. The molecule has 1 amide bonds. The average molecular weight is 385 g/mol. The summed E-state index contributed by atoms with van der Waals surface area (Å²) in [5.41, 5.74) is 3.25. The van der Waals surface area contributed by atoms with Crippen molar-refractivity contribution in [3.05, 3.63) is 48.3 Å². The van der Waals surface area contributed by atoms with Crippen LogP contribution in [0, 0.1) is 5.82 Å². The number of rotatable bonds is 4. The topological polar surface area (TPSA) is 60.3 Å². The van der Waals surface area contributed by atoms with E-state index in [1.807, 2.05) is 18.2 Å². The van der Waals surface area contributed by atoms with E-state index in [1.54, 1.807) is 12.1 Å². The van der Waals surface area contributed by atoms with Gasteiger partial charge in [0.15, 0.2) is 0 Å². The molecule has 8 heteroatoms. The van der Waals surface area contributed by atoms with E-state index in [0.29, 0.717) is 12.2 Å². The minimum absolute atomic E-state index is 0.0502. The fourth-order valence-corrected chi connectivity index (χ4v) is 3.89. The summed E-state index contributed by atoms with van der Waals surface area (Å²) in [5, 5.41) is 2.96. The van der Waals surface area contributed by atoms with Gasteiger partial charge in [-0.05, 0) is 42.8 Å². The zero-order chi connectivity index (χ0) is 18.6. The molecule has 0 unspecified atom stereocenters. The summed E-state index contributed by atoms with van der Waals surface area (Å²) < 4.78 is 21.6. The Balaban J connectivity index is 1.34. The molecule has 27 heavy (non-hydrogen) atoms. The average Bonchev–Trinajstić information content (AvgIpc) is 3.04. The first-order valence-electron chi connectivity index (χ1n) is 8.93. The van der Waals surface area contributed by atoms with Crippen molar-refractivity contribution >= 4 is 40.0 Å². The third-order valence-electron chi connectivity index (χ3n) is 4.71. The Hall–Kier alpha value is -2.58. The standard InChI is InChI=1S/C19H20FN5OS/c20-14-5-7-15(8-6-14)25-10-2-9-24(11-12-25)13-18(26)21-16-3-1-4-17-19(16)23-27-22-17/h1,3-8H,2,9-13H2,(H,21,26). The summed E-state index contributed by atoms with van der Waals surface area (Å²) in [4.78, 5) is 16.9. The van der Waals surface area contributed by atoms with Crippen LogP contribution in [0.2, 0.25) is 0 Å². The molecule has 2 aromatic rings. The lowest BCUT2D eigenvalue weighted by Gasteiger charge is -2.23. The van der Waals surface area contributed by atoms with Crippen molar-refractivity contribution in [2.24, 2.45) is 8.73 Å². The molecule has 0 saturated carbocycles. The van der Waals surface area contributed by atoms with E-state index in [-0.39, 0.29) is 11.7 Å². The maximum Gasteiger partial charge on any atom is 0.238 e. The Bertz CT molecular complexity index is 911. The minimum atomic E-state index is -0.225. The van der Waals surface area contributed by atoms with Crippen molar-refractivity contribution in [2.75, 3.05) is 42.9 Å². The fraction of sp³-hybridized carbons (Fsp3) is 0.316. The summed E-state index contributed by atoms with van der Waals surface area (Å²) >= 11 is 1.14. The number of benzene rings is 2. The van der Waals surface area contributed by atoms with Crippen molar-refractivity contribution < 1.29 is 9.18 Å². The van der Waals surface area contributed by atoms with Crippen LogP contribution in [0.1, 0.15) is 6.42 Å². The monoisotopic (exact) mass is 385 g/mol. The number of nitrogens with one attached hydrogen (secondary N) is 1. The van der Waals surface area contributed by atoms with Crippen LogP contribution >= 0.6 is 0 Å². The molecule has 6 nitrogen and oxygen atoms in total. The zero-order valence-electron chi connectivity index (χ0n) is 14.8. The van der Waals surface area contributed by atoms with Crippen LogP contribution in [0.5, 0.6) is 0 Å². The second-order valence-electron chi connectivity index (χ2n) is 6.58. The van der Waals surface area contributed by atoms with Gasteiger partial charge in [-0.3, -0.25) is 9.69 Å². The number of amides is 1. The van der Waals surface area contributed by atoms with Gasteiger partial charge in [0.25, 0.3) is 0 Å². The number of halogens is 1. The van der Waals surface area contributed by atoms with Gasteiger partial charge >= 0.3 is 0 Å². The normalized spacial score (nSPS) is 16.6. The van der Waals surface area contributed by atoms with Crippen molar-refractivity contribution in [2.45, 2.75) is 6.42 Å². The van der Waals surface area contributed by atoms with Gasteiger partial charge in [0.05, 0.1) is 23.6 Å². The molecule has 2 heterocycles. The molecule has 2 aromatic carbocycles. The van der Waals surface area contributed by atoms with Gasteiger partial charge in [-0.2, -0.15) is 8.73 Å². The van der Waals surface area contributed by atoms with Gasteiger partial charge < -0.3 is 10.2 Å². The van der Waals surface area contributed by atoms with Crippen LogP contribution in [0.25, 0.3) is 0 Å². The van der Waals surface area contributed by atoms with Gasteiger partial charge in [0, 0.05) is 31.9 Å². The third kappa shape index (κ3) is 4.23. The summed E-state index contributed by atoms with van der Waals surface area (Å²) in [6, 6.07) is 12.2. The molecule has 0 atom stereocenters. The first-order valence-corrected chi connectivity index (χ1v) is 9.66. The highest BCUT2D eigenvalue weighted by molar-refractivity contribution is 7.58. The maximum atomic E-state index is 13.1. The van der Waals surface area contributed by atoms with Gasteiger partial charge in [-0.15, -0.1) is 0 Å². The lowest BCUT2D eigenvalue weighted by atomic mass is 10.2. The summed E-state index contributed by atoms with van der Waals surface area (Å²) in [7, 11) is 0. The lowest BCUT2D eigenvalue weighted by Crippen LogP contribution is -2.36. The second kappa shape index (κ2) is 7.98. The molecule has 140 valence electrons. The van der Waals surface area contributed by atoms with Crippen molar-refractivity contribution in [1.82, 2.24) is 4.90 Å². The molecule has 0 spiro atoms. The van der Waals surface area contributed by atoms with Crippen LogP contribution in [0.3, 0.4) is 0 Å². The summed E-state index contributed by atoms with van der Waals surface area (Å²) in [6.45, 7) is 3.68. The minimum Gasteiger partial charge on any atom is -0.370 e. The Labute approximate surface area is 160 Å². The molecule has 1 saturated heterocycles.